The summed E-state index contributed by atoms with van der Waals surface area (Å²) in [5.41, 5.74) is 2.83. The predicted octanol–water partition coefficient (Wildman–Crippen LogP) is 4.68. The summed E-state index contributed by atoms with van der Waals surface area (Å²) < 4.78 is 5.75. The van der Waals surface area contributed by atoms with Gasteiger partial charge in [-0.3, -0.25) is 0 Å². The molecule has 1 unspecified atom stereocenters. The van der Waals surface area contributed by atoms with Crippen molar-refractivity contribution in [2.45, 2.75) is 25.9 Å². The maximum Gasteiger partial charge on any atom is 0.129 e. The number of aromatic nitrogens is 2. The third-order valence-electron chi connectivity index (χ3n) is 4.19. The Morgan fingerprint density at radius 2 is 1.96 bits per heavy atom. The number of benzene rings is 1. The van der Waals surface area contributed by atoms with Crippen LogP contribution in [0.2, 0.25) is 5.15 Å². The fraction of sp³-hybridized carbons (Fsp3) is 0.333. The molecule has 0 fully saturated rings. The van der Waals surface area contributed by atoms with Crippen LogP contribution in [0.15, 0.2) is 48.0 Å². The minimum Gasteiger partial charge on any atom is -0.492 e. The molecule has 148 valence electrons. The summed E-state index contributed by atoms with van der Waals surface area (Å²) in [6.07, 6.45) is 0.956. The molecule has 2 aromatic heterocycles. The standard InChI is InChI=1S/C21H24ClN3O2S/c1-14(2)21-25-18(13-28-21)15-3-6-17(7-4-15)27-10-9-23-12-19(26)16-5-8-20(22)24-11-16/h3-8,11,13-14,19,23,26H,9-10,12H2,1-2H3. The number of hydrogen-bond acceptors (Lipinski definition) is 6. The molecule has 1 atom stereocenters. The molecule has 0 radical (unpaired) electrons. The highest BCUT2D eigenvalue weighted by molar-refractivity contribution is 7.10. The highest BCUT2D eigenvalue weighted by Gasteiger charge is 2.09. The monoisotopic (exact) mass is 417 g/mol. The zero-order chi connectivity index (χ0) is 19.9. The van der Waals surface area contributed by atoms with Gasteiger partial charge in [-0.15, -0.1) is 11.3 Å². The SMILES string of the molecule is CC(C)c1nc(-c2ccc(OCCNCC(O)c3ccc(Cl)nc3)cc2)cs1. The topological polar surface area (TPSA) is 67.3 Å². The highest BCUT2D eigenvalue weighted by Crippen LogP contribution is 2.27. The number of halogens is 1. The van der Waals surface area contributed by atoms with Crippen molar-refractivity contribution >= 4 is 22.9 Å². The van der Waals surface area contributed by atoms with Crippen molar-refractivity contribution in [3.05, 3.63) is 63.7 Å². The first kappa shape index (κ1) is 20.7. The summed E-state index contributed by atoms with van der Waals surface area (Å²) in [5, 5.41) is 16.9. The van der Waals surface area contributed by atoms with E-state index in [1.54, 1.807) is 29.7 Å². The van der Waals surface area contributed by atoms with E-state index >= 15 is 0 Å². The Hall–Kier alpha value is -1.99. The third-order valence-corrected chi connectivity index (χ3v) is 5.56. The molecule has 2 heterocycles. The second kappa shape index (κ2) is 9.98. The summed E-state index contributed by atoms with van der Waals surface area (Å²) in [6, 6.07) is 11.4. The molecule has 1 aromatic carbocycles. The van der Waals surface area contributed by atoms with Gasteiger partial charge in [-0.1, -0.05) is 31.5 Å². The quantitative estimate of drug-likeness (QED) is 0.390. The van der Waals surface area contributed by atoms with E-state index in [1.165, 1.54) is 0 Å². The van der Waals surface area contributed by atoms with Gasteiger partial charge in [-0.05, 0) is 30.3 Å². The normalized spacial score (nSPS) is 12.3. The van der Waals surface area contributed by atoms with Crippen LogP contribution in [0.5, 0.6) is 5.75 Å². The lowest BCUT2D eigenvalue weighted by Crippen LogP contribution is -2.26. The minimum atomic E-state index is -0.627. The van der Waals surface area contributed by atoms with Gasteiger partial charge < -0.3 is 15.2 Å². The van der Waals surface area contributed by atoms with Crippen LogP contribution in [0.1, 0.15) is 36.4 Å². The molecule has 7 heteroatoms. The third kappa shape index (κ3) is 5.75. The molecule has 2 N–H and O–H groups in total. The number of rotatable bonds is 9. The fourth-order valence-electron chi connectivity index (χ4n) is 2.59. The zero-order valence-electron chi connectivity index (χ0n) is 15.9. The Bertz CT molecular complexity index is 866. The number of nitrogens with zero attached hydrogens (tertiary/aromatic N) is 2. The van der Waals surface area contributed by atoms with Crippen LogP contribution in [0.3, 0.4) is 0 Å². The Morgan fingerprint density at radius 3 is 2.61 bits per heavy atom. The number of aliphatic hydroxyl groups is 1. The van der Waals surface area contributed by atoms with E-state index in [0.717, 1.165) is 27.6 Å². The summed E-state index contributed by atoms with van der Waals surface area (Å²) >= 11 is 7.45. The molecule has 5 nitrogen and oxygen atoms in total. The summed E-state index contributed by atoms with van der Waals surface area (Å²) in [6.45, 7) is 5.87. The van der Waals surface area contributed by atoms with Crippen LogP contribution in [0, 0.1) is 0 Å². The molecule has 0 spiro atoms. The first-order valence-corrected chi connectivity index (χ1v) is 10.5. The van der Waals surface area contributed by atoms with Gasteiger partial charge in [-0.25, -0.2) is 9.97 Å². The molecular weight excluding hydrogens is 394 g/mol. The van der Waals surface area contributed by atoms with Gasteiger partial charge in [0.1, 0.15) is 17.5 Å². The predicted molar refractivity (Wildman–Crippen MR) is 114 cm³/mol. The van der Waals surface area contributed by atoms with Crippen molar-refractivity contribution in [2.75, 3.05) is 19.7 Å². The number of pyridine rings is 1. The van der Waals surface area contributed by atoms with Crippen molar-refractivity contribution in [3.63, 3.8) is 0 Å². The second-order valence-corrected chi connectivity index (χ2v) is 8.01. The number of nitrogens with one attached hydrogen (secondary N) is 1. The van der Waals surface area contributed by atoms with Crippen molar-refractivity contribution in [3.8, 4) is 17.0 Å². The molecule has 0 amide bonds. The van der Waals surface area contributed by atoms with Gasteiger partial charge in [-0.2, -0.15) is 0 Å². The number of thiazole rings is 1. The lowest BCUT2D eigenvalue weighted by molar-refractivity contribution is 0.171. The van der Waals surface area contributed by atoms with Gasteiger partial charge >= 0.3 is 0 Å². The van der Waals surface area contributed by atoms with Gasteiger partial charge in [0.15, 0.2) is 0 Å². The largest absolute Gasteiger partial charge is 0.492 e. The van der Waals surface area contributed by atoms with E-state index in [9.17, 15) is 5.11 Å². The first-order valence-electron chi connectivity index (χ1n) is 9.22. The lowest BCUT2D eigenvalue weighted by atomic mass is 10.1. The molecule has 0 aliphatic rings. The average molecular weight is 418 g/mol. The number of ether oxygens (including phenoxy) is 1. The molecule has 0 saturated carbocycles. The summed E-state index contributed by atoms with van der Waals surface area (Å²) in [7, 11) is 0. The van der Waals surface area contributed by atoms with E-state index < -0.39 is 6.10 Å². The van der Waals surface area contributed by atoms with E-state index in [1.807, 2.05) is 24.3 Å². The van der Waals surface area contributed by atoms with Gasteiger partial charge in [0.05, 0.1) is 16.8 Å². The number of hydrogen-bond donors (Lipinski definition) is 2. The molecule has 0 saturated heterocycles. The zero-order valence-corrected chi connectivity index (χ0v) is 17.5. The molecule has 0 aliphatic heterocycles. The van der Waals surface area contributed by atoms with Gasteiger partial charge in [0.25, 0.3) is 0 Å². The first-order chi connectivity index (χ1) is 13.5. The van der Waals surface area contributed by atoms with E-state index in [0.29, 0.717) is 30.8 Å². The number of aliphatic hydroxyl groups excluding tert-OH is 1. The Morgan fingerprint density at radius 1 is 1.18 bits per heavy atom. The molecule has 28 heavy (non-hydrogen) atoms. The minimum absolute atomic E-state index is 0.415. The summed E-state index contributed by atoms with van der Waals surface area (Å²) in [4.78, 5) is 8.65. The van der Waals surface area contributed by atoms with E-state index in [-0.39, 0.29) is 0 Å². The Balaban J connectivity index is 1.40. The molecule has 3 rings (SSSR count). The van der Waals surface area contributed by atoms with Crippen molar-refractivity contribution < 1.29 is 9.84 Å². The van der Waals surface area contributed by atoms with Crippen LogP contribution in [-0.4, -0.2) is 34.8 Å². The van der Waals surface area contributed by atoms with Crippen molar-refractivity contribution in [1.82, 2.24) is 15.3 Å². The highest BCUT2D eigenvalue weighted by atomic mass is 35.5. The molecule has 0 bridgehead atoms. The van der Waals surface area contributed by atoms with Crippen LogP contribution in [-0.2, 0) is 0 Å². The van der Waals surface area contributed by atoms with Gasteiger partial charge in [0.2, 0.25) is 0 Å². The molecule has 0 aliphatic carbocycles. The molecule has 3 aromatic rings. The smallest absolute Gasteiger partial charge is 0.129 e. The van der Waals surface area contributed by atoms with Crippen LogP contribution >= 0.6 is 22.9 Å². The lowest BCUT2D eigenvalue weighted by Gasteiger charge is -2.12. The summed E-state index contributed by atoms with van der Waals surface area (Å²) in [5.74, 6) is 1.26. The van der Waals surface area contributed by atoms with E-state index in [4.69, 9.17) is 16.3 Å². The van der Waals surface area contributed by atoms with Gasteiger partial charge in [0, 0.05) is 41.7 Å². The van der Waals surface area contributed by atoms with Crippen molar-refractivity contribution in [1.29, 1.82) is 0 Å². The van der Waals surface area contributed by atoms with Crippen LogP contribution < -0.4 is 10.1 Å². The second-order valence-electron chi connectivity index (χ2n) is 6.73. The maximum atomic E-state index is 10.1. The fourth-order valence-corrected chi connectivity index (χ4v) is 3.55. The average Bonchev–Trinajstić information content (AvgIpc) is 3.19. The van der Waals surface area contributed by atoms with Crippen molar-refractivity contribution in [2.24, 2.45) is 0 Å². The Labute approximate surface area is 174 Å². The van der Waals surface area contributed by atoms with Crippen LogP contribution in [0.4, 0.5) is 0 Å². The maximum absolute atomic E-state index is 10.1. The molecular formula is C21H24ClN3O2S. The van der Waals surface area contributed by atoms with E-state index in [2.05, 4.69) is 34.5 Å². The van der Waals surface area contributed by atoms with Crippen LogP contribution in [0.25, 0.3) is 11.3 Å². The Kier molecular flexibility index (Phi) is 7.39.